The quantitative estimate of drug-likeness (QED) is 0.524. The molecule has 0 unspecified atom stereocenters. The van der Waals surface area contributed by atoms with Crippen LogP contribution >= 0.6 is 0 Å². The van der Waals surface area contributed by atoms with E-state index in [2.05, 4.69) is 20.4 Å². The van der Waals surface area contributed by atoms with Gasteiger partial charge in [0.2, 0.25) is 0 Å². The van der Waals surface area contributed by atoms with Crippen molar-refractivity contribution < 1.29 is 0 Å². The van der Waals surface area contributed by atoms with Crippen LogP contribution in [-0.2, 0) is 0 Å². The molecule has 0 amide bonds. The molecule has 0 heteroatoms. The van der Waals surface area contributed by atoms with Gasteiger partial charge in [0.05, 0.1) is 0 Å². The van der Waals surface area contributed by atoms with Crippen molar-refractivity contribution >= 4 is 0 Å². The van der Waals surface area contributed by atoms with E-state index >= 15 is 0 Å². The summed E-state index contributed by atoms with van der Waals surface area (Å²) in [4.78, 5) is 0. The summed E-state index contributed by atoms with van der Waals surface area (Å²) in [6, 6.07) is 0. The fraction of sp³-hybridized carbons (Fsp3) is 0.800. The summed E-state index contributed by atoms with van der Waals surface area (Å²) in [6.45, 7) is 8.56. The summed E-state index contributed by atoms with van der Waals surface area (Å²) in [5.41, 5.74) is 1.48. The summed E-state index contributed by atoms with van der Waals surface area (Å²) in [5.74, 6) is 1.91. The van der Waals surface area contributed by atoms with E-state index in [4.69, 9.17) is 0 Å². The molecule has 1 rings (SSSR count). The van der Waals surface area contributed by atoms with Gasteiger partial charge in [-0.1, -0.05) is 32.4 Å². The van der Waals surface area contributed by atoms with Crippen molar-refractivity contribution in [2.24, 2.45) is 11.8 Å². The van der Waals surface area contributed by atoms with Crippen molar-refractivity contribution in [3.8, 4) is 0 Å². The third-order valence-corrected chi connectivity index (χ3v) is 2.84. The Bertz CT molecular complexity index is 118. The van der Waals surface area contributed by atoms with Crippen LogP contribution in [0, 0.1) is 11.8 Å². The van der Waals surface area contributed by atoms with E-state index in [0.29, 0.717) is 0 Å². The van der Waals surface area contributed by atoms with Crippen LogP contribution in [0.4, 0.5) is 0 Å². The van der Waals surface area contributed by atoms with Crippen molar-refractivity contribution in [3.63, 3.8) is 0 Å². The molecule has 0 nitrogen and oxygen atoms in total. The second-order valence-corrected chi connectivity index (χ2v) is 3.45. The first-order valence-corrected chi connectivity index (χ1v) is 4.45. The van der Waals surface area contributed by atoms with Gasteiger partial charge in [-0.15, -0.1) is 0 Å². The largest absolute Gasteiger partial charge is 0.0996 e. The van der Waals surface area contributed by atoms with Gasteiger partial charge in [-0.2, -0.15) is 0 Å². The van der Waals surface area contributed by atoms with Crippen LogP contribution in [0.5, 0.6) is 0 Å². The van der Waals surface area contributed by atoms with Gasteiger partial charge >= 0.3 is 0 Å². The standard InChI is InChI=1S/C10H18/c1-4-8(3)10-6-9(5-2)7-10/h9-10H,3-7H2,1-2H3. The van der Waals surface area contributed by atoms with Crippen LogP contribution in [-0.4, -0.2) is 0 Å². The molecule has 0 aromatic rings. The summed E-state index contributed by atoms with van der Waals surface area (Å²) in [7, 11) is 0. The third kappa shape index (κ3) is 1.42. The van der Waals surface area contributed by atoms with Gasteiger partial charge in [-0.05, 0) is 31.1 Å². The SMILES string of the molecule is C=C(CC)C1CC(CC)C1. The molecule has 0 aliphatic heterocycles. The first kappa shape index (κ1) is 7.84. The maximum atomic E-state index is 4.06. The van der Waals surface area contributed by atoms with Gasteiger partial charge in [0, 0.05) is 0 Å². The molecule has 0 N–H and O–H groups in total. The molecule has 1 fully saturated rings. The van der Waals surface area contributed by atoms with Crippen LogP contribution in [0.25, 0.3) is 0 Å². The molecule has 1 saturated carbocycles. The maximum Gasteiger partial charge on any atom is -0.0201 e. The minimum atomic E-state index is 0.884. The van der Waals surface area contributed by atoms with Gasteiger partial charge in [0.25, 0.3) is 0 Å². The second kappa shape index (κ2) is 3.23. The highest BCUT2D eigenvalue weighted by Crippen LogP contribution is 2.40. The Balaban J connectivity index is 2.19. The average molecular weight is 138 g/mol. The van der Waals surface area contributed by atoms with E-state index in [-0.39, 0.29) is 0 Å². The van der Waals surface area contributed by atoms with Gasteiger partial charge in [-0.25, -0.2) is 0 Å². The normalized spacial score (nSPS) is 31.4. The minimum Gasteiger partial charge on any atom is -0.0996 e. The van der Waals surface area contributed by atoms with Gasteiger partial charge in [-0.3, -0.25) is 0 Å². The Morgan fingerprint density at radius 1 is 1.40 bits per heavy atom. The van der Waals surface area contributed by atoms with Crippen molar-refractivity contribution in [1.29, 1.82) is 0 Å². The maximum absolute atomic E-state index is 4.06. The molecule has 58 valence electrons. The molecular weight excluding hydrogens is 120 g/mol. The lowest BCUT2D eigenvalue weighted by atomic mass is 9.70. The van der Waals surface area contributed by atoms with Gasteiger partial charge in [0.1, 0.15) is 0 Å². The Kier molecular flexibility index (Phi) is 2.53. The van der Waals surface area contributed by atoms with E-state index in [0.717, 1.165) is 11.8 Å². The predicted octanol–water partition coefficient (Wildman–Crippen LogP) is 3.39. The molecule has 0 atom stereocenters. The van der Waals surface area contributed by atoms with Crippen molar-refractivity contribution in [2.45, 2.75) is 39.5 Å². The van der Waals surface area contributed by atoms with E-state index in [1.807, 2.05) is 0 Å². The highest BCUT2D eigenvalue weighted by atomic mass is 14.3. The summed E-state index contributed by atoms with van der Waals surface area (Å²) < 4.78 is 0. The van der Waals surface area contributed by atoms with Crippen LogP contribution in [0.15, 0.2) is 12.2 Å². The second-order valence-electron chi connectivity index (χ2n) is 3.45. The highest BCUT2D eigenvalue weighted by Gasteiger charge is 2.28. The Morgan fingerprint density at radius 2 is 2.00 bits per heavy atom. The molecule has 10 heavy (non-hydrogen) atoms. The molecule has 0 heterocycles. The summed E-state index contributed by atoms with van der Waals surface area (Å²) in [6.07, 6.45) is 5.39. The van der Waals surface area contributed by atoms with E-state index in [1.165, 1.54) is 31.3 Å². The molecule has 0 aromatic carbocycles. The molecule has 0 bridgehead atoms. The number of allylic oxidation sites excluding steroid dienone is 1. The molecular formula is C10H18. The molecule has 0 radical (unpaired) electrons. The van der Waals surface area contributed by atoms with E-state index in [1.54, 1.807) is 0 Å². The van der Waals surface area contributed by atoms with Crippen LogP contribution < -0.4 is 0 Å². The topological polar surface area (TPSA) is 0 Å². The summed E-state index contributed by atoms with van der Waals surface area (Å²) in [5, 5.41) is 0. The number of rotatable bonds is 3. The lowest BCUT2D eigenvalue weighted by Crippen LogP contribution is -2.23. The van der Waals surface area contributed by atoms with E-state index in [9.17, 15) is 0 Å². The predicted molar refractivity (Wildman–Crippen MR) is 45.9 cm³/mol. The lowest BCUT2D eigenvalue weighted by Gasteiger charge is -2.35. The molecule has 0 aromatic heterocycles. The highest BCUT2D eigenvalue weighted by molar-refractivity contribution is 5.05. The summed E-state index contributed by atoms with van der Waals surface area (Å²) >= 11 is 0. The fourth-order valence-corrected chi connectivity index (χ4v) is 1.69. The zero-order valence-corrected chi connectivity index (χ0v) is 7.19. The Labute approximate surface area is 64.3 Å². The first-order chi connectivity index (χ1) is 4.77. The van der Waals surface area contributed by atoms with Crippen LogP contribution in [0.2, 0.25) is 0 Å². The number of hydrogen-bond donors (Lipinski definition) is 0. The molecule has 0 saturated heterocycles. The molecule has 1 aliphatic rings. The lowest BCUT2D eigenvalue weighted by molar-refractivity contribution is 0.218. The molecule has 0 spiro atoms. The first-order valence-electron chi connectivity index (χ1n) is 4.45. The van der Waals surface area contributed by atoms with Crippen molar-refractivity contribution in [2.75, 3.05) is 0 Å². The van der Waals surface area contributed by atoms with Gasteiger partial charge < -0.3 is 0 Å². The zero-order valence-electron chi connectivity index (χ0n) is 7.19. The van der Waals surface area contributed by atoms with Crippen molar-refractivity contribution in [1.82, 2.24) is 0 Å². The Hall–Kier alpha value is -0.260. The minimum absolute atomic E-state index is 0.884. The average Bonchev–Trinajstić information content (AvgIpc) is 1.85. The zero-order chi connectivity index (χ0) is 7.56. The fourth-order valence-electron chi connectivity index (χ4n) is 1.69. The van der Waals surface area contributed by atoms with E-state index < -0.39 is 0 Å². The number of hydrogen-bond acceptors (Lipinski definition) is 0. The molecule has 1 aliphatic carbocycles. The van der Waals surface area contributed by atoms with Crippen LogP contribution in [0.1, 0.15) is 39.5 Å². The van der Waals surface area contributed by atoms with Crippen molar-refractivity contribution in [3.05, 3.63) is 12.2 Å². The monoisotopic (exact) mass is 138 g/mol. The van der Waals surface area contributed by atoms with Gasteiger partial charge in [0.15, 0.2) is 0 Å². The third-order valence-electron chi connectivity index (χ3n) is 2.84. The smallest absolute Gasteiger partial charge is 0.0201 e. The van der Waals surface area contributed by atoms with Crippen LogP contribution in [0.3, 0.4) is 0 Å². The Morgan fingerprint density at radius 3 is 2.40 bits per heavy atom.